The zero-order valence-electron chi connectivity index (χ0n) is 11.5. The number of nitrogens with one attached hydrogen (secondary N) is 1. The average Bonchev–Trinajstić information content (AvgIpc) is 2.92. The third-order valence-electron chi connectivity index (χ3n) is 2.81. The van der Waals surface area contributed by atoms with Gasteiger partial charge in [0.15, 0.2) is 0 Å². The lowest BCUT2D eigenvalue weighted by Gasteiger charge is -2.14. The molecule has 0 aliphatic carbocycles. The minimum absolute atomic E-state index is 0.172. The number of nitrogens with zero attached hydrogens (tertiary/aromatic N) is 4. The number of carbonyl (C=O) groups is 1. The Labute approximate surface area is 117 Å². The van der Waals surface area contributed by atoms with Crippen molar-refractivity contribution in [1.82, 2.24) is 20.2 Å². The third-order valence-corrected chi connectivity index (χ3v) is 2.81. The molecule has 1 heterocycles. The molecule has 0 radical (unpaired) electrons. The SMILES string of the molecule is CC(C)CC(N)C(=O)Nc1ccc(-n2cnnn2)cc1. The van der Waals surface area contributed by atoms with Crippen molar-refractivity contribution in [1.29, 1.82) is 0 Å². The van der Waals surface area contributed by atoms with E-state index in [1.807, 2.05) is 26.0 Å². The van der Waals surface area contributed by atoms with E-state index >= 15 is 0 Å². The molecule has 3 N–H and O–H groups in total. The fraction of sp³-hybridized carbons (Fsp3) is 0.385. The van der Waals surface area contributed by atoms with Crippen molar-refractivity contribution in [3.63, 3.8) is 0 Å². The summed E-state index contributed by atoms with van der Waals surface area (Å²) in [7, 11) is 0. The highest BCUT2D eigenvalue weighted by molar-refractivity contribution is 5.94. The van der Waals surface area contributed by atoms with Gasteiger partial charge in [-0.05, 0) is 47.0 Å². The van der Waals surface area contributed by atoms with Crippen molar-refractivity contribution in [2.24, 2.45) is 11.7 Å². The largest absolute Gasteiger partial charge is 0.325 e. The Morgan fingerprint density at radius 3 is 2.60 bits per heavy atom. The van der Waals surface area contributed by atoms with Crippen LogP contribution < -0.4 is 11.1 Å². The number of hydrogen-bond acceptors (Lipinski definition) is 5. The summed E-state index contributed by atoms with van der Waals surface area (Å²) < 4.78 is 1.54. The number of anilines is 1. The molecule has 2 rings (SSSR count). The molecule has 0 aliphatic rings. The highest BCUT2D eigenvalue weighted by atomic mass is 16.2. The zero-order chi connectivity index (χ0) is 14.5. The molecule has 0 saturated carbocycles. The Morgan fingerprint density at radius 2 is 2.05 bits per heavy atom. The molecule has 20 heavy (non-hydrogen) atoms. The van der Waals surface area contributed by atoms with Crippen LogP contribution >= 0.6 is 0 Å². The summed E-state index contributed by atoms with van der Waals surface area (Å²) >= 11 is 0. The molecule has 7 heteroatoms. The number of nitrogens with two attached hydrogens (primary N) is 1. The van der Waals surface area contributed by atoms with Crippen molar-refractivity contribution in [2.75, 3.05) is 5.32 Å². The van der Waals surface area contributed by atoms with Crippen LogP contribution in [0.3, 0.4) is 0 Å². The molecular weight excluding hydrogens is 256 g/mol. The summed E-state index contributed by atoms with van der Waals surface area (Å²) in [6, 6.07) is 6.72. The molecule has 0 aliphatic heterocycles. The maximum absolute atomic E-state index is 11.9. The van der Waals surface area contributed by atoms with Crippen LogP contribution in [0.15, 0.2) is 30.6 Å². The maximum Gasteiger partial charge on any atom is 0.241 e. The number of carbonyl (C=O) groups excluding carboxylic acids is 1. The van der Waals surface area contributed by atoms with Crippen LogP contribution in [-0.2, 0) is 4.79 Å². The average molecular weight is 274 g/mol. The quantitative estimate of drug-likeness (QED) is 0.846. The first-order valence-corrected chi connectivity index (χ1v) is 6.46. The summed E-state index contributed by atoms with van der Waals surface area (Å²) in [5, 5.41) is 13.7. The molecule has 7 nitrogen and oxygen atoms in total. The van der Waals surface area contributed by atoms with E-state index in [1.165, 1.54) is 11.0 Å². The van der Waals surface area contributed by atoms with Crippen molar-refractivity contribution in [2.45, 2.75) is 26.3 Å². The van der Waals surface area contributed by atoms with Gasteiger partial charge in [0.25, 0.3) is 0 Å². The summed E-state index contributed by atoms with van der Waals surface area (Å²) in [6.07, 6.45) is 2.17. The van der Waals surface area contributed by atoms with Crippen LogP contribution in [0.25, 0.3) is 5.69 Å². The van der Waals surface area contributed by atoms with Crippen molar-refractivity contribution >= 4 is 11.6 Å². The Kier molecular flexibility index (Phi) is 4.41. The van der Waals surface area contributed by atoms with Gasteiger partial charge in [0.1, 0.15) is 6.33 Å². The smallest absolute Gasteiger partial charge is 0.241 e. The van der Waals surface area contributed by atoms with Crippen LogP contribution in [0.1, 0.15) is 20.3 Å². The van der Waals surface area contributed by atoms with Crippen LogP contribution in [-0.4, -0.2) is 32.2 Å². The monoisotopic (exact) mass is 274 g/mol. The minimum Gasteiger partial charge on any atom is -0.325 e. The van der Waals surface area contributed by atoms with E-state index in [0.717, 1.165) is 5.69 Å². The molecule has 1 amide bonds. The second-order valence-corrected chi connectivity index (χ2v) is 5.03. The normalized spacial score (nSPS) is 12.4. The molecule has 106 valence electrons. The van der Waals surface area contributed by atoms with Gasteiger partial charge in [-0.3, -0.25) is 4.79 Å². The Hall–Kier alpha value is -2.28. The van der Waals surface area contributed by atoms with Gasteiger partial charge in [0.2, 0.25) is 5.91 Å². The maximum atomic E-state index is 11.9. The highest BCUT2D eigenvalue weighted by Crippen LogP contribution is 2.13. The van der Waals surface area contributed by atoms with Crippen molar-refractivity contribution in [3.05, 3.63) is 30.6 Å². The van der Waals surface area contributed by atoms with Gasteiger partial charge in [0, 0.05) is 5.69 Å². The summed E-state index contributed by atoms with van der Waals surface area (Å²) in [6.45, 7) is 4.07. The molecule has 0 saturated heterocycles. The molecule has 0 fully saturated rings. The van der Waals surface area contributed by atoms with Gasteiger partial charge in [-0.1, -0.05) is 13.8 Å². The second-order valence-electron chi connectivity index (χ2n) is 5.03. The number of benzene rings is 1. The molecule has 0 spiro atoms. The van der Waals surface area contributed by atoms with Gasteiger partial charge >= 0.3 is 0 Å². The van der Waals surface area contributed by atoms with Gasteiger partial charge in [0.05, 0.1) is 11.7 Å². The summed E-state index contributed by atoms with van der Waals surface area (Å²) in [5.41, 5.74) is 7.35. The van der Waals surface area contributed by atoms with Crippen LogP contribution in [0.4, 0.5) is 5.69 Å². The molecule has 1 aromatic carbocycles. The summed E-state index contributed by atoms with van der Waals surface area (Å²) in [4.78, 5) is 11.9. The zero-order valence-corrected chi connectivity index (χ0v) is 11.5. The van der Waals surface area contributed by atoms with Crippen molar-refractivity contribution in [3.8, 4) is 5.69 Å². The molecule has 0 bridgehead atoms. The van der Waals surface area contributed by atoms with Gasteiger partial charge in [-0.2, -0.15) is 0 Å². The van der Waals surface area contributed by atoms with Gasteiger partial charge in [-0.25, -0.2) is 4.68 Å². The number of rotatable bonds is 5. The second kappa shape index (κ2) is 6.25. The van der Waals surface area contributed by atoms with Crippen LogP contribution in [0.5, 0.6) is 0 Å². The van der Waals surface area contributed by atoms with Crippen LogP contribution in [0.2, 0.25) is 0 Å². The van der Waals surface area contributed by atoms with E-state index in [1.54, 1.807) is 12.1 Å². The van der Waals surface area contributed by atoms with E-state index in [4.69, 9.17) is 5.73 Å². The number of aromatic nitrogens is 4. The number of hydrogen-bond donors (Lipinski definition) is 2. The lowest BCUT2D eigenvalue weighted by molar-refractivity contribution is -0.117. The Bertz CT molecular complexity index is 549. The van der Waals surface area contributed by atoms with E-state index < -0.39 is 6.04 Å². The molecule has 1 atom stereocenters. The topological polar surface area (TPSA) is 98.7 Å². The first-order valence-electron chi connectivity index (χ1n) is 6.46. The lowest BCUT2D eigenvalue weighted by atomic mass is 10.0. The van der Waals surface area contributed by atoms with E-state index in [2.05, 4.69) is 20.8 Å². The van der Waals surface area contributed by atoms with Crippen LogP contribution in [0, 0.1) is 5.92 Å². The molecule has 1 unspecified atom stereocenters. The standard InChI is InChI=1S/C13H18N6O/c1-9(2)7-12(14)13(20)16-10-3-5-11(6-4-10)19-8-15-17-18-19/h3-6,8-9,12H,7,14H2,1-2H3,(H,16,20). The predicted octanol–water partition coefficient (Wildman–Crippen LogP) is 0.974. The Balaban J connectivity index is 1.99. The molecule has 1 aromatic heterocycles. The third kappa shape index (κ3) is 3.61. The minimum atomic E-state index is -0.491. The van der Waals surface area contributed by atoms with E-state index in [0.29, 0.717) is 18.0 Å². The fourth-order valence-corrected chi connectivity index (χ4v) is 1.83. The Morgan fingerprint density at radius 1 is 1.35 bits per heavy atom. The van der Waals surface area contributed by atoms with E-state index in [-0.39, 0.29) is 5.91 Å². The van der Waals surface area contributed by atoms with Gasteiger partial charge < -0.3 is 11.1 Å². The number of tetrazole rings is 1. The lowest BCUT2D eigenvalue weighted by Crippen LogP contribution is -2.36. The van der Waals surface area contributed by atoms with E-state index in [9.17, 15) is 4.79 Å². The van der Waals surface area contributed by atoms with Crippen molar-refractivity contribution < 1.29 is 4.79 Å². The molecular formula is C13H18N6O. The number of amides is 1. The van der Waals surface area contributed by atoms with Gasteiger partial charge in [-0.15, -0.1) is 5.10 Å². The summed E-state index contributed by atoms with van der Waals surface area (Å²) in [5.74, 6) is 0.215. The fourth-order valence-electron chi connectivity index (χ4n) is 1.83. The first kappa shape index (κ1) is 14.1. The molecule has 2 aromatic rings. The highest BCUT2D eigenvalue weighted by Gasteiger charge is 2.14. The first-order chi connectivity index (χ1) is 9.56. The predicted molar refractivity (Wildman–Crippen MR) is 75.2 cm³/mol.